The largest absolute Gasteiger partial charge is 0.416 e. The Labute approximate surface area is 180 Å². The molecular formula is C24H15F3N4O. The molecule has 0 aliphatic carbocycles. The highest BCUT2D eigenvalue weighted by molar-refractivity contribution is 5.94. The Balaban J connectivity index is 1.51. The highest BCUT2D eigenvalue weighted by atomic mass is 19.4. The SMILES string of the molecule is Cc1ccc2c(Nc3cccc(C(F)(F)F)c3)noc2c1C#Cc1ccc2[nH]ncc2c1. The number of nitrogens with zero attached hydrogens (tertiary/aromatic N) is 2. The van der Waals surface area contributed by atoms with Gasteiger partial charge in [-0.25, -0.2) is 0 Å². The quantitative estimate of drug-likeness (QED) is 0.327. The van der Waals surface area contributed by atoms with E-state index in [0.717, 1.165) is 34.2 Å². The number of H-pyrrole nitrogens is 1. The standard InChI is InChI=1S/C24H15F3N4O/c1-14-5-8-20-22(19(14)9-6-15-7-10-21-16(11-15)13-28-30-21)32-31-23(20)29-18-4-2-3-17(12-18)24(25,26)27/h2-5,7-8,10-13H,1H3,(H,28,30)(H,29,31). The molecule has 0 amide bonds. The first-order valence-electron chi connectivity index (χ1n) is 9.67. The molecule has 0 unspecified atom stereocenters. The summed E-state index contributed by atoms with van der Waals surface area (Å²) < 4.78 is 44.5. The van der Waals surface area contributed by atoms with Crippen LogP contribution in [-0.2, 0) is 6.18 Å². The van der Waals surface area contributed by atoms with E-state index in [1.807, 2.05) is 31.2 Å². The molecule has 0 saturated carbocycles. The Kier molecular flexibility index (Phi) is 4.59. The fourth-order valence-corrected chi connectivity index (χ4v) is 3.41. The number of aryl methyl sites for hydroxylation is 1. The summed E-state index contributed by atoms with van der Waals surface area (Å²) in [6.07, 6.45) is -2.70. The van der Waals surface area contributed by atoms with E-state index in [-0.39, 0.29) is 5.69 Å². The first-order valence-corrected chi connectivity index (χ1v) is 9.67. The summed E-state index contributed by atoms with van der Waals surface area (Å²) in [6, 6.07) is 14.3. The van der Waals surface area contributed by atoms with Gasteiger partial charge in [0.25, 0.3) is 0 Å². The Hall–Kier alpha value is -4.25. The summed E-state index contributed by atoms with van der Waals surface area (Å²) in [4.78, 5) is 0. The summed E-state index contributed by atoms with van der Waals surface area (Å²) in [5, 5.41) is 15.4. The van der Waals surface area contributed by atoms with Crippen LogP contribution in [0.15, 0.2) is 65.3 Å². The molecule has 2 heterocycles. The normalized spacial score (nSPS) is 11.5. The van der Waals surface area contributed by atoms with Crippen molar-refractivity contribution in [3.05, 3.63) is 83.0 Å². The summed E-state index contributed by atoms with van der Waals surface area (Å²) in [7, 11) is 0. The molecule has 0 aliphatic heterocycles. The summed E-state index contributed by atoms with van der Waals surface area (Å²) in [5.74, 6) is 6.60. The van der Waals surface area contributed by atoms with Gasteiger partial charge in [0, 0.05) is 16.6 Å². The van der Waals surface area contributed by atoms with Crippen LogP contribution in [0.3, 0.4) is 0 Å². The third kappa shape index (κ3) is 3.65. The van der Waals surface area contributed by atoms with Crippen molar-refractivity contribution in [1.82, 2.24) is 15.4 Å². The second-order valence-electron chi connectivity index (χ2n) is 7.29. The van der Waals surface area contributed by atoms with Crippen LogP contribution in [0.1, 0.15) is 22.3 Å². The average molecular weight is 432 g/mol. The van der Waals surface area contributed by atoms with Gasteiger partial charge in [-0.1, -0.05) is 29.1 Å². The number of halogens is 3. The minimum absolute atomic E-state index is 0.261. The third-order valence-corrected chi connectivity index (χ3v) is 5.07. The van der Waals surface area contributed by atoms with E-state index in [9.17, 15) is 13.2 Å². The monoisotopic (exact) mass is 432 g/mol. The van der Waals surface area contributed by atoms with Gasteiger partial charge in [0.05, 0.1) is 28.2 Å². The molecule has 8 heteroatoms. The molecule has 32 heavy (non-hydrogen) atoms. The van der Waals surface area contributed by atoms with Crippen molar-refractivity contribution in [2.75, 3.05) is 5.32 Å². The predicted molar refractivity (Wildman–Crippen MR) is 116 cm³/mol. The molecule has 0 radical (unpaired) electrons. The van der Waals surface area contributed by atoms with Gasteiger partial charge >= 0.3 is 6.18 Å². The molecule has 2 N–H and O–H groups in total. The van der Waals surface area contributed by atoms with E-state index in [1.54, 1.807) is 12.3 Å². The van der Waals surface area contributed by atoms with Crippen LogP contribution in [0, 0.1) is 18.8 Å². The van der Waals surface area contributed by atoms with Gasteiger partial charge in [-0.05, 0) is 55.0 Å². The fourth-order valence-electron chi connectivity index (χ4n) is 3.41. The minimum atomic E-state index is -4.43. The highest BCUT2D eigenvalue weighted by Gasteiger charge is 2.30. The minimum Gasteiger partial charge on any atom is -0.353 e. The van der Waals surface area contributed by atoms with E-state index in [0.29, 0.717) is 22.4 Å². The van der Waals surface area contributed by atoms with Crippen LogP contribution in [0.5, 0.6) is 0 Å². The molecule has 5 rings (SSSR count). The number of hydrogen-bond acceptors (Lipinski definition) is 4. The van der Waals surface area contributed by atoms with Crippen LogP contribution in [0.2, 0.25) is 0 Å². The van der Waals surface area contributed by atoms with Gasteiger partial charge in [0.1, 0.15) is 0 Å². The lowest BCUT2D eigenvalue weighted by Gasteiger charge is -2.09. The molecule has 5 aromatic rings. The smallest absolute Gasteiger partial charge is 0.353 e. The zero-order valence-corrected chi connectivity index (χ0v) is 16.7. The van der Waals surface area contributed by atoms with Crippen molar-refractivity contribution < 1.29 is 17.7 Å². The molecule has 0 atom stereocenters. The Morgan fingerprint density at radius 2 is 1.91 bits per heavy atom. The maximum Gasteiger partial charge on any atom is 0.416 e. The van der Waals surface area contributed by atoms with Gasteiger partial charge in [-0.2, -0.15) is 18.3 Å². The molecule has 0 fully saturated rings. The van der Waals surface area contributed by atoms with Crippen molar-refractivity contribution in [1.29, 1.82) is 0 Å². The topological polar surface area (TPSA) is 66.7 Å². The van der Waals surface area contributed by atoms with E-state index < -0.39 is 11.7 Å². The molecule has 0 spiro atoms. The Morgan fingerprint density at radius 1 is 1.03 bits per heavy atom. The van der Waals surface area contributed by atoms with E-state index in [1.165, 1.54) is 12.1 Å². The molecule has 3 aromatic carbocycles. The van der Waals surface area contributed by atoms with E-state index in [2.05, 4.69) is 32.5 Å². The lowest BCUT2D eigenvalue weighted by atomic mass is 10.0. The average Bonchev–Trinajstić information content (AvgIpc) is 3.39. The molecule has 2 aromatic heterocycles. The summed E-state index contributed by atoms with van der Waals surface area (Å²) in [5.41, 5.74) is 3.29. The number of aromatic nitrogens is 3. The van der Waals surface area contributed by atoms with E-state index >= 15 is 0 Å². The lowest BCUT2D eigenvalue weighted by Crippen LogP contribution is -2.05. The Bertz CT molecular complexity index is 1520. The highest BCUT2D eigenvalue weighted by Crippen LogP contribution is 2.33. The first-order chi connectivity index (χ1) is 15.4. The molecule has 158 valence electrons. The van der Waals surface area contributed by atoms with Crippen molar-refractivity contribution in [2.45, 2.75) is 13.1 Å². The maximum atomic E-state index is 13.0. The van der Waals surface area contributed by atoms with Crippen molar-refractivity contribution in [3.63, 3.8) is 0 Å². The molecule has 0 bridgehead atoms. The van der Waals surface area contributed by atoms with Gasteiger partial charge < -0.3 is 9.84 Å². The second kappa shape index (κ2) is 7.46. The van der Waals surface area contributed by atoms with Crippen LogP contribution < -0.4 is 5.32 Å². The van der Waals surface area contributed by atoms with Crippen LogP contribution in [0.25, 0.3) is 21.9 Å². The Morgan fingerprint density at radius 3 is 2.75 bits per heavy atom. The molecule has 5 nitrogen and oxygen atoms in total. The van der Waals surface area contributed by atoms with Crippen LogP contribution >= 0.6 is 0 Å². The zero-order chi connectivity index (χ0) is 22.3. The maximum absolute atomic E-state index is 13.0. The van der Waals surface area contributed by atoms with E-state index in [4.69, 9.17) is 4.52 Å². The van der Waals surface area contributed by atoms with Gasteiger partial charge in [0.15, 0.2) is 11.4 Å². The molecule has 0 saturated heterocycles. The number of nitrogens with one attached hydrogen (secondary N) is 2. The van der Waals surface area contributed by atoms with Gasteiger partial charge in [-0.15, -0.1) is 0 Å². The zero-order valence-electron chi connectivity index (χ0n) is 16.7. The number of anilines is 2. The van der Waals surface area contributed by atoms with Crippen molar-refractivity contribution in [2.24, 2.45) is 0 Å². The van der Waals surface area contributed by atoms with Crippen LogP contribution in [-0.4, -0.2) is 15.4 Å². The number of hydrogen-bond donors (Lipinski definition) is 2. The number of alkyl halides is 3. The summed E-state index contributed by atoms with van der Waals surface area (Å²) in [6.45, 7) is 1.91. The third-order valence-electron chi connectivity index (χ3n) is 5.07. The van der Waals surface area contributed by atoms with Crippen LogP contribution in [0.4, 0.5) is 24.7 Å². The number of fused-ring (bicyclic) bond motifs is 2. The summed E-state index contributed by atoms with van der Waals surface area (Å²) >= 11 is 0. The number of aromatic amines is 1. The van der Waals surface area contributed by atoms with Gasteiger partial charge in [0.2, 0.25) is 0 Å². The first kappa shape index (κ1) is 19.7. The van der Waals surface area contributed by atoms with Gasteiger partial charge in [-0.3, -0.25) is 5.10 Å². The lowest BCUT2D eigenvalue weighted by molar-refractivity contribution is -0.137. The fraction of sp³-hybridized carbons (Fsp3) is 0.0833. The molecule has 0 aliphatic rings. The molecular weight excluding hydrogens is 417 g/mol. The number of rotatable bonds is 2. The number of benzene rings is 3. The van der Waals surface area contributed by atoms with Crippen molar-refractivity contribution >= 4 is 33.4 Å². The second-order valence-corrected chi connectivity index (χ2v) is 7.29. The predicted octanol–water partition coefficient (Wildman–Crippen LogP) is 6.17. The van der Waals surface area contributed by atoms with Crippen molar-refractivity contribution in [3.8, 4) is 11.8 Å².